The minimum atomic E-state index is -0.244. The Bertz CT molecular complexity index is 680. The first-order valence-corrected chi connectivity index (χ1v) is 9.46. The third kappa shape index (κ3) is 3.54. The van der Waals surface area contributed by atoms with Crippen molar-refractivity contribution < 1.29 is 14.3 Å². The van der Waals surface area contributed by atoms with E-state index in [1.165, 1.54) is 11.3 Å². The number of oxime groups is 1. The summed E-state index contributed by atoms with van der Waals surface area (Å²) in [5.74, 6) is 1.59. The molecule has 1 saturated carbocycles. The molecule has 0 amide bonds. The first kappa shape index (κ1) is 19.0. The van der Waals surface area contributed by atoms with Gasteiger partial charge in [0.1, 0.15) is 5.60 Å². The molecular formula is C21H32N2O3. The molecule has 5 heteroatoms. The average Bonchev–Trinajstić information content (AvgIpc) is 2.96. The number of ether oxygens (including phenoxy) is 2. The van der Waals surface area contributed by atoms with Gasteiger partial charge >= 0.3 is 0 Å². The number of hydrogen-bond donors (Lipinski definition) is 0. The molecule has 2 fully saturated rings. The van der Waals surface area contributed by atoms with Crippen molar-refractivity contribution in [2.24, 2.45) is 5.16 Å². The topological polar surface area (TPSA) is 43.3 Å². The van der Waals surface area contributed by atoms with Crippen molar-refractivity contribution in [2.45, 2.75) is 63.5 Å². The maximum Gasteiger partial charge on any atom is 0.161 e. The summed E-state index contributed by atoms with van der Waals surface area (Å²) in [6, 6.07) is 6.85. The summed E-state index contributed by atoms with van der Waals surface area (Å²) >= 11 is 0. The maximum absolute atomic E-state index is 5.69. The Labute approximate surface area is 157 Å². The summed E-state index contributed by atoms with van der Waals surface area (Å²) in [6.07, 6.45) is 4.19. The zero-order chi connectivity index (χ0) is 18.9. The second-order valence-corrected chi connectivity index (χ2v) is 8.54. The fourth-order valence-corrected chi connectivity index (χ4v) is 4.37. The van der Waals surface area contributed by atoms with Gasteiger partial charge in [0.15, 0.2) is 11.5 Å². The Kier molecular flexibility index (Phi) is 5.20. The van der Waals surface area contributed by atoms with Crippen molar-refractivity contribution in [1.82, 2.24) is 4.90 Å². The van der Waals surface area contributed by atoms with Crippen LogP contribution in [-0.4, -0.2) is 50.1 Å². The van der Waals surface area contributed by atoms with Gasteiger partial charge < -0.3 is 19.2 Å². The van der Waals surface area contributed by atoms with Crippen LogP contribution in [0, 0.1) is 0 Å². The van der Waals surface area contributed by atoms with Crippen LogP contribution in [0.25, 0.3) is 0 Å². The van der Waals surface area contributed by atoms with Crippen LogP contribution < -0.4 is 9.47 Å². The summed E-state index contributed by atoms with van der Waals surface area (Å²) < 4.78 is 11.0. The monoisotopic (exact) mass is 360 g/mol. The molecule has 0 aromatic heterocycles. The third-order valence-electron chi connectivity index (χ3n) is 5.78. The van der Waals surface area contributed by atoms with Gasteiger partial charge in [0.2, 0.25) is 0 Å². The molecule has 2 aliphatic rings. The molecule has 144 valence electrons. The Morgan fingerprint density at radius 1 is 1.12 bits per heavy atom. The Balaban J connectivity index is 1.90. The molecule has 3 rings (SSSR count). The molecule has 1 aliphatic heterocycles. The van der Waals surface area contributed by atoms with Crippen molar-refractivity contribution in [2.75, 3.05) is 27.8 Å². The van der Waals surface area contributed by atoms with E-state index in [1.807, 2.05) is 26.8 Å². The number of fused-ring (bicyclic) bond motifs is 1. The molecule has 1 aliphatic carbocycles. The number of likely N-dealkylation sites (N-methyl/N-ethyl adjacent to an activating group) is 1. The zero-order valence-electron chi connectivity index (χ0n) is 17.0. The van der Waals surface area contributed by atoms with Crippen LogP contribution in [0.3, 0.4) is 0 Å². The molecule has 1 heterocycles. The van der Waals surface area contributed by atoms with E-state index in [0.29, 0.717) is 6.04 Å². The molecular weight excluding hydrogens is 328 g/mol. The minimum absolute atomic E-state index is 0.148. The fourth-order valence-electron chi connectivity index (χ4n) is 4.37. The molecule has 1 saturated heterocycles. The molecule has 1 aromatic carbocycles. The van der Waals surface area contributed by atoms with Gasteiger partial charge in [-0.1, -0.05) is 11.2 Å². The normalized spacial score (nSPS) is 28.1. The number of nitrogens with zero attached hydrogens (tertiary/aromatic N) is 2. The molecule has 26 heavy (non-hydrogen) atoms. The van der Waals surface area contributed by atoms with Gasteiger partial charge in [-0.3, -0.25) is 0 Å². The van der Waals surface area contributed by atoms with Crippen molar-refractivity contribution in [1.29, 1.82) is 0 Å². The summed E-state index contributed by atoms with van der Waals surface area (Å²) in [6.45, 7) is 7.22. The lowest BCUT2D eigenvalue weighted by molar-refractivity contribution is -0.000654. The van der Waals surface area contributed by atoms with E-state index in [4.69, 9.17) is 14.3 Å². The highest BCUT2D eigenvalue weighted by molar-refractivity contribution is 5.86. The van der Waals surface area contributed by atoms with Crippen LogP contribution >= 0.6 is 0 Å². The van der Waals surface area contributed by atoms with Crippen LogP contribution in [0.15, 0.2) is 23.4 Å². The molecule has 0 bridgehead atoms. The van der Waals surface area contributed by atoms with Gasteiger partial charge in [-0.2, -0.15) is 0 Å². The lowest BCUT2D eigenvalue weighted by Crippen LogP contribution is -2.46. The summed E-state index contributed by atoms with van der Waals surface area (Å²) in [5.41, 5.74) is 2.43. The zero-order valence-corrected chi connectivity index (χ0v) is 17.0. The van der Waals surface area contributed by atoms with Crippen LogP contribution in [0.5, 0.6) is 11.5 Å². The van der Waals surface area contributed by atoms with Crippen molar-refractivity contribution in [3.05, 3.63) is 23.8 Å². The number of methoxy groups -OCH3 is 2. The highest BCUT2D eigenvalue weighted by atomic mass is 16.6. The largest absolute Gasteiger partial charge is 0.493 e. The second kappa shape index (κ2) is 7.10. The lowest BCUT2D eigenvalue weighted by atomic mass is 9.65. The Morgan fingerprint density at radius 3 is 2.50 bits per heavy atom. The smallest absolute Gasteiger partial charge is 0.161 e. The van der Waals surface area contributed by atoms with E-state index in [0.717, 1.165) is 43.7 Å². The molecule has 0 unspecified atom stereocenters. The van der Waals surface area contributed by atoms with E-state index in [2.05, 4.69) is 29.2 Å². The standard InChI is InChI=1S/C21H32N2O3/c1-20(2,3)26-22-16-9-10-21(11-12-23(4)19(21)14-16)15-7-8-17(24-5)18(13-15)25-6/h7-8,13,19H,9-12,14H2,1-6H3/t19-,21-/m0/s1. The van der Waals surface area contributed by atoms with Gasteiger partial charge in [0.05, 0.1) is 19.9 Å². The van der Waals surface area contributed by atoms with Crippen LogP contribution in [0.2, 0.25) is 0 Å². The van der Waals surface area contributed by atoms with E-state index < -0.39 is 0 Å². The average molecular weight is 360 g/mol. The van der Waals surface area contributed by atoms with Gasteiger partial charge in [-0.05, 0) is 71.3 Å². The minimum Gasteiger partial charge on any atom is -0.493 e. The number of benzene rings is 1. The maximum atomic E-state index is 5.69. The van der Waals surface area contributed by atoms with Gasteiger partial charge in [0.25, 0.3) is 0 Å². The molecule has 1 aromatic rings. The summed E-state index contributed by atoms with van der Waals surface area (Å²) in [4.78, 5) is 8.17. The van der Waals surface area contributed by atoms with Gasteiger partial charge in [-0.15, -0.1) is 0 Å². The van der Waals surface area contributed by atoms with E-state index in [9.17, 15) is 0 Å². The highest BCUT2D eigenvalue weighted by Gasteiger charge is 2.50. The predicted octanol–water partition coefficient (Wildman–Crippen LogP) is 4.00. The first-order chi connectivity index (χ1) is 12.3. The SMILES string of the molecule is COc1ccc([C@@]23CCC(=NOC(C)(C)C)C[C@@H]2N(C)CC3)cc1OC. The number of likely N-dealkylation sites (tertiary alicyclic amines) is 1. The summed E-state index contributed by atoms with van der Waals surface area (Å²) in [7, 11) is 5.61. The Morgan fingerprint density at radius 2 is 1.85 bits per heavy atom. The molecule has 0 radical (unpaired) electrons. The van der Waals surface area contributed by atoms with Crippen LogP contribution in [0.1, 0.15) is 52.0 Å². The first-order valence-electron chi connectivity index (χ1n) is 9.46. The van der Waals surface area contributed by atoms with Crippen LogP contribution in [0.4, 0.5) is 0 Å². The highest BCUT2D eigenvalue weighted by Crippen LogP contribution is 2.49. The summed E-state index contributed by atoms with van der Waals surface area (Å²) in [5, 5.41) is 4.48. The van der Waals surface area contributed by atoms with E-state index in [-0.39, 0.29) is 11.0 Å². The Hall–Kier alpha value is -1.75. The van der Waals surface area contributed by atoms with E-state index >= 15 is 0 Å². The van der Waals surface area contributed by atoms with Crippen molar-refractivity contribution in [3.8, 4) is 11.5 Å². The molecule has 5 nitrogen and oxygen atoms in total. The third-order valence-corrected chi connectivity index (χ3v) is 5.78. The van der Waals surface area contributed by atoms with Gasteiger partial charge in [-0.25, -0.2) is 0 Å². The lowest BCUT2D eigenvalue weighted by Gasteiger charge is -2.42. The fraction of sp³-hybridized carbons (Fsp3) is 0.667. The van der Waals surface area contributed by atoms with Crippen LogP contribution in [-0.2, 0) is 10.3 Å². The second-order valence-electron chi connectivity index (χ2n) is 8.54. The molecule has 0 spiro atoms. The van der Waals surface area contributed by atoms with Crippen molar-refractivity contribution in [3.63, 3.8) is 0 Å². The van der Waals surface area contributed by atoms with Crippen molar-refractivity contribution >= 4 is 5.71 Å². The quantitative estimate of drug-likeness (QED) is 0.761. The predicted molar refractivity (Wildman–Crippen MR) is 104 cm³/mol. The number of hydrogen-bond acceptors (Lipinski definition) is 5. The molecule has 2 atom stereocenters. The van der Waals surface area contributed by atoms with E-state index in [1.54, 1.807) is 14.2 Å². The van der Waals surface area contributed by atoms with Gasteiger partial charge in [0, 0.05) is 17.9 Å². The number of rotatable bonds is 4. The molecule has 0 N–H and O–H groups in total.